The highest BCUT2D eigenvalue weighted by Crippen LogP contribution is 2.61. The molecule has 0 spiro atoms. The quantitative estimate of drug-likeness (QED) is 0.740. The summed E-state index contributed by atoms with van der Waals surface area (Å²) in [5, 5.41) is 0. The second-order valence-electron chi connectivity index (χ2n) is 11.6. The molecule has 8 fully saturated rings. The first-order chi connectivity index (χ1) is 12.0. The molecule has 8 rings (SSSR count). The lowest BCUT2D eigenvalue weighted by Gasteiger charge is -2.60. The highest BCUT2D eigenvalue weighted by Gasteiger charge is 2.56. The summed E-state index contributed by atoms with van der Waals surface area (Å²) in [6, 6.07) is 0. The van der Waals surface area contributed by atoms with Crippen molar-refractivity contribution in [2.24, 2.45) is 40.9 Å². The smallest absolute Gasteiger partial charge is 0.152 e. The van der Waals surface area contributed by atoms with Crippen LogP contribution in [0.15, 0.2) is 0 Å². The molecule has 0 N–H and O–H groups in total. The van der Waals surface area contributed by atoms with E-state index >= 15 is 0 Å². The zero-order valence-electron chi connectivity index (χ0n) is 16.0. The molecule has 0 atom stereocenters. The number of likely N-dealkylation sites (N-methyl/N-ethyl adjacent to an activating group) is 1. The van der Waals surface area contributed by atoms with Gasteiger partial charge in [0, 0.05) is 11.0 Å². The average molecular weight is 342 g/mol. The topological polar surface area (TPSA) is 20.3 Å². The van der Waals surface area contributed by atoms with Crippen LogP contribution < -0.4 is 0 Å². The summed E-state index contributed by atoms with van der Waals surface area (Å²) in [6.07, 6.45) is 16.7. The molecule has 0 amide bonds. The van der Waals surface area contributed by atoms with Crippen molar-refractivity contribution in [1.82, 2.24) is 4.90 Å². The number of carbonyl (C=O) groups is 1. The van der Waals surface area contributed by atoms with E-state index in [9.17, 15) is 4.79 Å². The molecule has 0 aliphatic heterocycles. The maximum absolute atomic E-state index is 13.6. The third kappa shape index (κ3) is 2.28. The second-order valence-corrected chi connectivity index (χ2v) is 11.6. The SMILES string of the molecule is CN(CC(=O)C12CC3CC(CC(C3)C1)C2)C12CC3CC(CC(C3)C1)C2. The van der Waals surface area contributed by atoms with Gasteiger partial charge < -0.3 is 0 Å². The van der Waals surface area contributed by atoms with Crippen molar-refractivity contribution in [2.45, 2.75) is 82.6 Å². The number of Topliss-reactive ketones (excluding diaryl/α,β-unsaturated/α-hetero) is 1. The predicted molar refractivity (Wildman–Crippen MR) is 99.1 cm³/mol. The Morgan fingerprint density at radius 2 is 1.08 bits per heavy atom. The molecule has 0 aromatic heterocycles. The molecular formula is C23H35NO. The van der Waals surface area contributed by atoms with Gasteiger partial charge in [-0.25, -0.2) is 0 Å². The predicted octanol–water partition coefficient (Wildman–Crippen LogP) is 4.67. The van der Waals surface area contributed by atoms with Crippen LogP contribution in [0.25, 0.3) is 0 Å². The van der Waals surface area contributed by atoms with Crippen LogP contribution in [0.1, 0.15) is 77.0 Å². The van der Waals surface area contributed by atoms with E-state index in [4.69, 9.17) is 0 Å². The summed E-state index contributed by atoms with van der Waals surface area (Å²) < 4.78 is 0. The van der Waals surface area contributed by atoms with Crippen LogP contribution in [0.3, 0.4) is 0 Å². The molecule has 25 heavy (non-hydrogen) atoms. The first-order valence-electron chi connectivity index (χ1n) is 11.3. The highest BCUT2D eigenvalue weighted by molar-refractivity contribution is 5.87. The van der Waals surface area contributed by atoms with Crippen LogP contribution in [0, 0.1) is 40.9 Å². The molecule has 138 valence electrons. The molecule has 0 unspecified atom stereocenters. The first-order valence-corrected chi connectivity index (χ1v) is 11.3. The van der Waals surface area contributed by atoms with E-state index in [0.29, 0.717) is 11.3 Å². The van der Waals surface area contributed by atoms with Crippen LogP contribution in [0.4, 0.5) is 0 Å². The molecule has 0 aromatic rings. The van der Waals surface area contributed by atoms with Crippen molar-refractivity contribution >= 4 is 5.78 Å². The average Bonchev–Trinajstić information content (AvgIpc) is 2.52. The number of hydrogen-bond acceptors (Lipinski definition) is 2. The van der Waals surface area contributed by atoms with E-state index in [1.165, 1.54) is 77.0 Å². The van der Waals surface area contributed by atoms with Crippen LogP contribution in [0.2, 0.25) is 0 Å². The molecule has 0 saturated heterocycles. The summed E-state index contributed by atoms with van der Waals surface area (Å²) in [4.78, 5) is 16.1. The minimum Gasteiger partial charge on any atom is -0.298 e. The number of ketones is 1. The third-order valence-electron chi connectivity index (χ3n) is 9.83. The van der Waals surface area contributed by atoms with Gasteiger partial charge in [-0.1, -0.05) is 0 Å². The fraction of sp³-hybridized carbons (Fsp3) is 0.957. The lowest BCUT2D eigenvalue weighted by Crippen LogP contribution is -2.61. The molecule has 0 aromatic carbocycles. The van der Waals surface area contributed by atoms with Gasteiger partial charge in [-0.2, -0.15) is 0 Å². The molecule has 8 aliphatic rings. The summed E-state index contributed by atoms with van der Waals surface area (Å²) in [6.45, 7) is 0.762. The maximum Gasteiger partial charge on any atom is 0.152 e. The van der Waals surface area contributed by atoms with Crippen molar-refractivity contribution in [3.63, 3.8) is 0 Å². The highest BCUT2D eigenvalue weighted by atomic mass is 16.1. The van der Waals surface area contributed by atoms with Gasteiger partial charge in [0.25, 0.3) is 0 Å². The van der Waals surface area contributed by atoms with Gasteiger partial charge in [-0.15, -0.1) is 0 Å². The Labute approximate surface area is 153 Å². The normalized spacial score (nSPS) is 55.3. The Balaban J connectivity index is 1.21. The molecule has 8 bridgehead atoms. The molecule has 8 aliphatic carbocycles. The lowest BCUT2D eigenvalue weighted by molar-refractivity contribution is -0.149. The molecule has 8 saturated carbocycles. The zero-order chi connectivity index (χ0) is 16.8. The van der Waals surface area contributed by atoms with Gasteiger partial charge in [-0.3, -0.25) is 9.69 Å². The Kier molecular flexibility index (Phi) is 3.21. The number of carbonyl (C=O) groups excluding carboxylic acids is 1. The second kappa shape index (κ2) is 5.12. The van der Waals surface area contributed by atoms with Crippen LogP contribution in [-0.2, 0) is 4.79 Å². The lowest BCUT2D eigenvalue weighted by atomic mass is 9.48. The van der Waals surface area contributed by atoms with Gasteiger partial charge in [0.2, 0.25) is 0 Å². The maximum atomic E-state index is 13.6. The number of rotatable bonds is 4. The molecule has 0 radical (unpaired) electrons. The Morgan fingerprint density at radius 3 is 1.48 bits per heavy atom. The van der Waals surface area contributed by atoms with Gasteiger partial charge in [-0.05, 0) is 120 Å². The Morgan fingerprint density at radius 1 is 0.720 bits per heavy atom. The third-order valence-corrected chi connectivity index (χ3v) is 9.83. The van der Waals surface area contributed by atoms with Crippen molar-refractivity contribution in [3.8, 4) is 0 Å². The fourth-order valence-corrected chi connectivity index (χ4v) is 9.54. The minimum atomic E-state index is 0.102. The van der Waals surface area contributed by atoms with Crippen molar-refractivity contribution < 1.29 is 4.79 Å². The van der Waals surface area contributed by atoms with Gasteiger partial charge in [0.1, 0.15) is 0 Å². The van der Waals surface area contributed by atoms with Crippen LogP contribution in [-0.4, -0.2) is 29.8 Å². The zero-order valence-corrected chi connectivity index (χ0v) is 16.0. The number of hydrogen-bond donors (Lipinski definition) is 0. The molecular weight excluding hydrogens is 306 g/mol. The fourth-order valence-electron chi connectivity index (χ4n) is 9.54. The van der Waals surface area contributed by atoms with E-state index in [-0.39, 0.29) is 5.41 Å². The summed E-state index contributed by atoms with van der Waals surface area (Å²) in [5.74, 6) is 6.24. The van der Waals surface area contributed by atoms with E-state index < -0.39 is 0 Å². The standard InChI is InChI=1S/C23H35NO/c1-24(23-11-18-5-19(12-23)7-20(6-18)13-23)14-21(25)22-8-15-2-16(9-22)4-17(3-15)10-22/h15-20H,2-14H2,1H3. The van der Waals surface area contributed by atoms with Crippen molar-refractivity contribution in [2.75, 3.05) is 13.6 Å². The summed E-state index contributed by atoms with van der Waals surface area (Å²) >= 11 is 0. The van der Waals surface area contributed by atoms with Crippen LogP contribution >= 0.6 is 0 Å². The van der Waals surface area contributed by atoms with E-state index in [2.05, 4.69) is 11.9 Å². The van der Waals surface area contributed by atoms with E-state index in [1.807, 2.05) is 0 Å². The summed E-state index contributed by atoms with van der Waals surface area (Å²) in [7, 11) is 2.31. The Bertz CT molecular complexity index is 522. The molecule has 0 heterocycles. The van der Waals surface area contributed by atoms with Gasteiger partial charge in [0.15, 0.2) is 5.78 Å². The van der Waals surface area contributed by atoms with Crippen molar-refractivity contribution in [3.05, 3.63) is 0 Å². The monoisotopic (exact) mass is 341 g/mol. The first kappa shape index (κ1) is 15.7. The largest absolute Gasteiger partial charge is 0.298 e. The summed E-state index contributed by atoms with van der Waals surface area (Å²) in [5.41, 5.74) is 0.498. The Hall–Kier alpha value is -0.370. The van der Waals surface area contributed by atoms with Crippen molar-refractivity contribution in [1.29, 1.82) is 0 Å². The van der Waals surface area contributed by atoms with E-state index in [0.717, 1.165) is 42.1 Å². The minimum absolute atomic E-state index is 0.102. The van der Waals surface area contributed by atoms with E-state index in [1.54, 1.807) is 0 Å². The van der Waals surface area contributed by atoms with Gasteiger partial charge in [0.05, 0.1) is 6.54 Å². The molecule has 2 heteroatoms. The number of nitrogens with zero attached hydrogens (tertiary/aromatic N) is 1. The molecule has 2 nitrogen and oxygen atoms in total. The van der Waals surface area contributed by atoms with Gasteiger partial charge >= 0.3 is 0 Å². The van der Waals surface area contributed by atoms with Crippen LogP contribution in [0.5, 0.6) is 0 Å².